The van der Waals surface area contributed by atoms with E-state index in [-0.39, 0.29) is 0 Å². The molecule has 0 radical (unpaired) electrons. The predicted octanol–water partition coefficient (Wildman–Crippen LogP) is 3.33. The SMILES string of the molecule is CNC(=O)Oc1ccc(P2(=S)SPS2)cc1. The van der Waals surface area contributed by atoms with Crippen molar-refractivity contribution in [2.24, 2.45) is 0 Å². The third kappa shape index (κ3) is 2.74. The van der Waals surface area contributed by atoms with Crippen molar-refractivity contribution >= 4 is 56.6 Å². The normalized spacial score (nSPS) is 24.8. The lowest BCUT2D eigenvalue weighted by molar-refractivity contribution is 0.203. The van der Waals surface area contributed by atoms with Gasteiger partial charge in [0.15, 0.2) is 0 Å². The summed E-state index contributed by atoms with van der Waals surface area (Å²) in [6, 6.07) is 7.51. The maximum Gasteiger partial charge on any atom is 0.412 e. The highest BCUT2D eigenvalue weighted by Crippen LogP contribution is 2.92. The fraction of sp³-hybridized carbons (Fsp3) is 0.125. The quantitative estimate of drug-likeness (QED) is 0.848. The van der Waals surface area contributed by atoms with E-state index in [4.69, 9.17) is 16.5 Å². The second kappa shape index (κ2) is 5.28. The zero-order valence-corrected chi connectivity index (χ0v) is 12.6. The lowest BCUT2D eigenvalue weighted by Crippen LogP contribution is -2.22. The minimum atomic E-state index is -1.38. The summed E-state index contributed by atoms with van der Waals surface area (Å²) in [4.78, 5) is 11.0. The van der Waals surface area contributed by atoms with Crippen LogP contribution in [0.15, 0.2) is 24.3 Å². The number of ether oxygens (including phenoxy) is 1. The molecule has 8 heteroatoms. The van der Waals surface area contributed by atoms with Crippen molar-refractivity contribution in [2.75, 3.05) is 7.05 Å². The fourth-order valence-corrected chi connectivity index (χ4v) is 18.7. The molecule has 3 nitrogen and oxygen atoms in total. The van der Waals surface area contributed by atoms with Crippen LogP contribution < -0.4 is 15.4 Å². The van der Waals surface area contributed by atoms with Gasteiger partial charge in [0.1, 0.15) is 5.75 Å². The van der Waals surface area contributed by atoms with Crippen LogP contribution in [-0.2, 0) is 11.8 Å². The van der Waals surface area contributed by atoms with E-state index >= 15 is 0 Å². The van der Waals surface area contributed by atoms with E-state index in [2.05, 4.69) is 5.32 Å². The second-order valence-corrected chi connectivity index (χ2v) is 18.3. The summed E-state index contributed by atoms with van der Waals surface area (Å²) >= 11 is 9.34. The minimum Gasteiger partial charge on any atom is -0.410 e. The summed E-state index contributed by atoms with van der Waals surface area (Å²) in [6.07, 6.45) is -0.454. The Morgan fingerprint density at radius 3 is 2.50 bits per heavy atom. The first-order valence-corrected chi connectivity index (χ1v) is 12.5. The van der Waals surface area contributed by atoms with E-state index in [0.717, 1.165) is 6.98 Å². The number of amides is 1. The number of carbonyl (C=O) groups excluding carboxylic acids is 1. The molecule has 2 rings (SSSR count). The third-order valence-corrected chi connectivity index (χ3v) is 25.0. The maximum absolute atomic E-state index is 11.0. The van der Waals surface area contributed by atoms with Crippen molar-refractivity contribution in [1.29, 1.82) is 0 Å². The van der Waals surface area contributed by atoms with Gasteiger partial charge in [0, 0.05) is 19.3 Å². The van der Waals surface area contributed by atoms with Gasteiger partial charge in [-0.2, -0.15) is 0 Å². The molecule has 0 saturated carbocycles. The first-order valence-electron chi connectivity index (χ1n) is 4.36. The van der Waals surface area contributed by atoms with Gasteiger partial charge in [0.25, 0.3) is 0 Å². The summed E-state index contributed by atoms with van der Waals surface area (Å²) < 4.78 is 3.62. The summed E-state index contributed by atoms with van der Waals surface area (Å²) in [5, 5.41) is 3.59. The summed E-state index contributed by atoms with van der Waals surface area (Å²) in [5.74, 6) is 0.544. The van der Waals surface area contributed by atoms with Crippen molar-refractivity contribution in [3.05, 3.63) is 24.3 Å². The molecule has 0 aliphatic carbocycles. The predicted molar refractivity (Wildman–Crippen MR) is 78.9 cm³/mol. The molecule has 1 amide bonds. The lowest BCUT2D eigenvalue weighted by Gasteiger charge is -2.28. The summed E-state index contributed by atoms with van der Waals surface area (Å²) in [6.45, 7) is 0.875. The van der Waals surface area contributed by atoms with Crippen LogP contribution >= 0.6 is 33.4 Å². The highest BCUT2D eigenvalue weighted by atomic mass is 33.7. The molecule has 1 aromatic carbocycles. The number of hydrogen-bond donors (Lipinski definition) is 1. The number of hydrogen-bond acceptors (Lipinski definition) is 5. The Bertz CT molecular complexity index is 443. The van der Waals surface area contributed by atoms with E-state index < -0.39 is 10.5 Å². The van der Waals surface area contributed by atoms with E-state index in [9.17, 15) is 4.79 Å². The summed E-state index contributed by atoms with van der Waals surface area (Å²) in [7, 11) is 1.53. The molecule has 0 bridgehead atoms. The van der Waals surface area contributed by atoms with Gasteiger partial charge in [-0.15, -0.1) is 0 Å². The van der Waals surface area contributed by atoms with Crippen LogP contribution in [0.25, 0.3) is 0 Å². The molecule has 0 atom stereocenters. The first-order chi connectivity index (χ1) is 7.64. The largest absolute Gasteiger partial charge is 0.412 e. The Balaban J connectivity index is 2.10. The molecule has 1 saturated heterocycles. The monoisotopic (exact) mass is 309 g/mol. The second-order valence-electron chi connectivity index (χ2n) is 2.90. The van der Waals surface area contributed by atoms with Crippen LogP contribution in [0.2, 0.25) is 0 Å². The Hall–Kier alpha value is 0.270. The zero-order valence-electron chi connectivity index (χ0n) is 8.30. The molecule has 1 heterocycles. The third-order valence-electron chi connectivity index (χ3n) is 1.88. The first kappa shape index (κ1) is 12.7. The van der Waals surface area contributed by atoms with E-state index in [1.807, 2.05) is 34.1 Å². The van der Waals surface area contributed by atoms with Gasteiger partial charge in [0.2, 0.25) is 0 Å². The zero-order chi connectivity index (χ0) is 11.6. The van der Waals surface area contributed by atoms with Crippen LogP contribution in [0.4, 0.5) is 4.79 Å². The average molecular weight is 309 g/mol. The van der Waals surface area contributed by atoms with Gasteiger partial charge >= 0.3 is 6.09 Å². The number of rotatable bonds is 2. The molecular weight excluding hydrogens is 300 g/mol. The maximum atomic E-state index is 11.0. The van der Waals surface area contributed by atoms with Gasteiger partial charge in [0.05, 0.1) is 4.44 Å². The number of benzene rings is 1. The molecule has 1 aliphatic rings. The molecule has 0 unspecified atom stereocenters. The number of carbonyl (C=O) groups is 1. The smallest absolute Gasteiger partial charge is 0.410 e. The Labute approximate surface area is 108 Å². The number of nitrogens with one attached hydrogen (secondary N) is 1. The van der Waals surface area contributed by atoms with E-state index in [1.54, 1.807) is 12.1 Å². The lowest BCUT2D eigenvalue weighted by atomic mass is 10.3. The molecule has 86 valence electrons. The summed E-state index contributed by atoms with van der Waals surface area (Å²) in [5.41, 5.74) is 0. The molecule has 0 aromatic heterocycles. The molecular formula is C8H9NO2P2S3. The van der Waals surface area contributed by atoms with Gasteiger partial charge < -0.3 is 10.1 Å². The van der Waals surface area contributed by atoms with Gasteiger partial charge in [-0.05, 0) is 24.3 Å². The molecule has 1 N–H and O–H groups in total. The topological polar surface area (TPSA) is 38.3 Å². The van der Waals surface area contributed by atoms with Crippen molar-refractivity contribution in [1.82, 2.24) is 5.32 Å². The molecule has 1 aliphatic heterocycles. The van der Waals surface area contributed by atoms with Crippen LogP contribution in [-0.4, -0.2) is 13.1 Å². The van der Waals surface area contributed by atoms with Crippen molar-refractivity contribution < 1.29 is 9.53 Å². The standard InChI is InChI=1S/C8H9NO2P2S3/c1-9-8(10)11-6-2-4-7(5-3-6)13(14)15-12-16-13/h2-5,12H,1H3,(H,9,10). The van der Waals surface area contributed by atoms with Gasteiger partial charge in [-0.25, -0.2) is 4.79 Å². The van der Waals surface area contributed by atoms with E-state index in [1.165, 1.54) is 12.4 Å². The van der Waals surface area contributed by atoms with Crippen LogP contribution in [0, 0.1) is 0 Å². The Morgan fingerprint density at radius 1 is 1.44 bits per heavy atom. The van der Waals surface area contributed by atoms with Crippen molar-refractivity contribution in [3.8, 4) is 5.75 Å². The highest BCUT2D eigenvalue weighted by Gasteiger charge is 2.29. The molecule has 1 fully saturated rings. The van der Waals surface area contributed by atoms with Crippen molar-refractivity contribution in [2.45, 2.75) is 0 Å². The minimum absolute atomic E-state index is 0.454. The fourth-order valence-electron chi connectivity index (χ4n) is 1.07. The van der Waals surface area contributed by atoms with Crippen LogP contribution in [0.3, 0.4) is 0 Å². The highest BCUT2D eigenvalue weighted by molar-refractivity contribution is 9.39. The van der Waals surface area contributed by atoms with Gasteiger partial charge in [-0.1, -0.05) is 33.8 Å². The molecule has 0 spiro atoms. The van der Waals surface area contributed by atoms with Crippen LogP contribution in [0.1, 0.15) is 0 Å². The average Bonchev–Trinajstić information content (AvgIpc) is 2.27. The van der Waals surface area contributed by atoms with Crippen LogP contribution in [0.5, 0.6) is 5.75 Å². The van der Waals surface area contributed by atoms with E-state index in [0.29, 0.717) is 5.75 Å². The Morgan fingerprint density at radius 2 is 2.06 bits per heavy atom. The van der Waals surface area contributed by atoms with Gasteiger partial charge in [-0.3, -0.25) is 0 Å². The Kier molecular flexibility index (Phi) is 4.20. The molecule has 16 heavy (non-hydrogen) atoms. The molecule has 1 aromatic rings. The van der Waals surface area contributed by atoms with Crippen molar-refractivity contribution in [3.63, 3.8) is 0 Å².